The zero-order valence-electron chi connectivity index (χ0n) is 15.9. The predicted octanol–water partition coefficient (Wildman–Crippen LogP) is 2.52. The molecule has 1 N–H and O–H groups in total. The monoisotopic (exact) mass is 411 g/mol. The number of hydrogen-bond acceptors (Lipinski definition) is 7. The van der Waals surface area contributed by atoms with Crippen molar-refractivity contribution >= 4 is 40.1 Å². The molecule has 0 aliphatic carbocycles. The van der Waals surface area contributed by atoms with Crippen molar-refractivity contribution in [3.63, 3.8) is 0 Å². The van der Waals surface area contributed by atoms with Gasteiger partial charge in [0, 0.05) is 23.2 Å². The van der Waals surface area contributed by atoms with Crippen LogP contribution in [0.25, 0.3) is 10.9 Å². The number of hydrogen-bond donors (Lipinski definition) is 1. The smallest absolute Gasteiger partial charge is 0.340 e. The van der Waals surface area contributed by atoms with E-state index in [-0.39, 0.29) is 17.9 Å². The summed E-state index contributed by atoms with van der Waals surface area (Å²) >= 11 is 0. The molecule has 0 radical (unpaired) electrons. The van der Waals surface area contributed by atoms with Crippen LogP contribution in [0, 0.1) is 10.1 Å². The van der Waals surface area contributed by atoms with Gasteiger partial charge in [0.15, 0.2) is 6.61 Å². The molecule has 1 heterocycles. The quantitative estimate of drug-likeness (QED) is 0.359. The molecule has 30 heavy (non-hydrogen) atoms. The second-order valence-electron chi connectivity index (χ2n) is 6.16. The second-order valence-corrected chi connectivity index (χ2v) is 6.16. The Morgan fingerprint density at radius 3 is 2.53 bits per heavy atom. The van der Waals surface area contributed by atoms with Crippen molar-refractivity contribution in [2.75, 3.05) is 19.0 Å². The van der Waals surface area contributed by atoms with Gasteiger partial charge in [0.1, 0.15) is 12.2 Å². The topological polar surface area (TPSA) is 130 Å². The number of esters is 2. The molecule has 10 nitrogen and oxygen atoms in total. The summed E-state index contributed by atoms with van der Waals surface area (Å²) in [5, 5.41) is 13.9. The van der Waals surface area contributed by atoms with E-state index in [0.29, 0.717) is 16.5 Å². The van der Waals surface area contributed by atoms with Crippen LogP contribution in [0.2, 0.25) is 0 Å². The Morgan fingerprint density at radius 2 is 1.80 bits per heavy atom. The number of methoxy groups -OCH3 is 1. The zero-order chi connectivity index (χ0) is 21.7. The molecule has 0 unspecified atom stereocenters. The Bertz CT molecular complexity index is 1140. The third-order valence-corrected chi connectivity index (χ3v) is 4.23. The average molecular weight is 411 g/mol. The van der Waals surface area contributed by atoms with E-state index in [1.165, 1.54) is 42.1 Å². The molecule has 0 atom stereocenters. The number of carbonyl (C=O) groups is 3. The lowest BCUT2D eigenvalue weighted by atomic mass is 10.2. The van der Waals surface area contributed by atoms with Crippen LogP contribution in [-0.2, 0) is 25.6 Å². The van der Waals surface area contributed by atoms with Crippen molar-refractivity contribution in [2.24, 2.45) is 0 Å². The molecule has 2 aromatic carbocycles. The highest BCUT2D eigenvalue weighted by Gasteiger charge is 2.18. The highest BCUT2D eigenvalue weighted by molar-refractivity contribution is 6.04. The van der Waals surface area contributed by atoms with Crippen LogP contribution in [-0.4, -0.2) is 41.1 Å². The van der Waals surface area contributed by atoms with Gasteiger partial charge in [0.2, 0.25) is 0 Å². The van der Waals surface area contributed by atoms with Gasteiger partial charge in [0.05, 0.1) is 17.6 Å². The van der Waals surface area contributed by atoms with Gasteiger partial charge in [-0.15, -0.1) is 0 Å². The minimum absolute atomic E-state index is 0.00247. The maximum atomic E-state index is 12.2. The number of nitro groups is 1. The number of rotatable bonds is 7. The summed E-state index contributed by atoms with van der Waals surface area (Å²) < 4.78 is 11.2. The fourth-order valence-corrected chi connectivity index (χ4v) is 2.91. The van der Waals surface area contributed by atoms with Gasteiger partial charge in [-0.1, -0.05) is 30.3 Å². The summed E-state index contributed by atoms with van der Waals surface area (Å²) in [6, 6.07) is 12.6. The van der Waals surface area contributed by atoms with E-state index in [1.54, 1.807) is 24.3 Å². The van der Waals surface area contributed by atoms with Crippen LogP contribution in [0.5, 0.6) is 0 Å². The molecule has 154 valence electrons. The molecule has 10 heteroatoms. The molecule has 3 aromatic rings. The second kappa shape index (κ2) is 8.86. The van der Waals surface area contributed by atoms with E-state index in [2.05, 4.69) is 5.32 Å². The highest BCUT2D eigenvalue weighted by atomic mass is 16.6. The standard InChI is InChI=1S/C20H17N3O7/c1-29-20(26)14-10-22(16-8-4-2-6-13(14)16)11-19(25)30-12-18(24)21-15-7-3-5-9-17(15)23(27)28/h2-10H,11-12H2,1H3,(H,21,24). The number of ether oxygens (including phenoxy) is 2. The number of carbonyl (C=O) groups excluding carboxylic acids is 3. The number of fused-ring (bicyclic) bond motifs is 1. The van der Waals surface area contributed by atoms with Crippen LogP contribution in [0.1, 0.15) is 10.4 Å². The third kappa shape index (κ3) is 4.43. The molecule has 3 rings (SSSR count). The number of nitrogens with one attached hydrogen (secondary N) is 1. The first kappa shape index (κ1) is 20.5. The lowest BCUT2D eigenvalue weighted by Crippen LogP contribution is -2.23. The summed E-state index contributed by atoms with van der Waals surface area (Å²) in [6.45, 7) is -0.857. The fraction of sp³-hybridized carbons (Fsp3) is 0.150. The fourth-order valence-electron chi connectivity index (χ4n) is 2.91. The minimum atomic E-state index is -0.718. The van der Waals surface area contributed by atoms with Crippen molar-refractivity contribution in [3.05, 3.63) is 70.4 Å². The van der Waals surface area contributed by atoms with Gasteiger partial charge < -0.3 is 19.4 Å². The van der Waals surface area contributed by atoms with Crippen LogP contribution in [0.15, 0.2) is 54.7 Å². The maximum Gasteiger partial charge on any atom is 0.340 e. The SMILES string of the molecule is COC(=O)c1cn(CC(=O)OCC(=O)Nc2ccccc2[N+](=O)[O-])c2ccccc12. The summed E-state index contributed by atoms with van der Waals surface area (Å²) in [5.41, 5.74) is 0.656. The largest absolute Gasteiger partial charge is 0.465 e. The molecular formula is C20H17N3O7. The van der Waals surface area contributed by atoms with Crippen LogP contribution in [0.4, 0.5) is 11.4 Å². The average Bonchev–Trinajstić information content (AvgIpc) is 3.10. The van der Waals surface area contributed by atoms with Gasteiger partial charge in [-0.2, -0.15) is 0 Å². The van der Waals surface area contributed by atoms with Crippen molar-refractivity contribution in [3.8, 4) is 0 Å². The molecule has 0 saturated heterocycles. The lowest BCUT2D eigenvalue weighted by molar-refractivity contribution is -0.383. The van der Waals surface area contributed by atoms with Crippen molar-refractivity contribution < 1.29 is 28.8 Å². The molecule has 0 saturated carbocycles. The van der Waals surface area contributed by atoms with Crippen LogP contribution in [0.3, 0.4) is 0 Å². The molecule has 0 fully saturated rings. The first-order chi connectivity index (χ1) is 14.4. The van der Waals surface area contributed by atoms with Crippen LogP contribution >= 0.6 is 0 Å². The Balaban J connectivity index is 1.65. The third-order valence-electron chi connectivity index (χ3n) is 4.23. The number of amides is 1. The van der Waals surface area contributed by atoms with E-state index < -0.39 is 29.4 Å². The van der Waals surface area contributed by atoms with Gasteiger partial charge >= 0.3 is 11.9 Å². The van der Waals surface area contributed by atoms with Crippen molar-refractivity contribution in [1.82, 2.24) is 4.57 Å². The van der Waals surface area contributed by atoms with Gasteiger partial charge in [0.25, 0.3) is 11.6 Å². The lowest BCUT2D eigenvalue weighted by Gasteiger charge is -2.08. The Labute approximate surface area is 170 Å². The van der Waals surface area contributed by atoms with Gasteiger partial charge in [-0.3, -0.25) is 19.7 Å². The predicted molar refractivity (Wildman–Crippen MR) is 106 cm³/mol. The number of benzene rings is 2. The Morgan fingerprint density at radius 1 is 1.10 bits per heavy atom. The zero-order valence-corrected chi connectivity index (χ0v) is 15.9. The van der Waals surface area contributed by atoms with Crippen LogP contribution < -0.4 is 5.32 Å². The van der Waals surface area contributed by atoms with Gasteiger partial charge in [-0.25, -0.2) is 4.79 Å². The Kier molecular flexibility index (Phi) is 6.06. The summed E-state index contributed by atoms with van der Waals surface area (Å²) in [7, 11) is 1.26. The molecule has 1 aromatic heterocycles. The van der Waals surface area contributed by atoms with Crippen molar-refractivity contribution in [1.29, 1.82) is 0 Å². The van der Waals surface area contributed by atoms with Gasteiger partial charge in [-0.05, 0) is 12.1 Å². The number of para-hydroxylation sites is 3. The summed E-state index contributed by atoms with van der Waals surface area (Å²) in [5.74, 6) is -1.97. The van der Waals surface area contributed by atoms with E-state index in [9.17, 15) is 24.5 Å². The number of aromatic nitrogens is 1. The molecule has 0 spiro atoms. The normalized spacial score (nSPS) is 10.4. The number of anilines is 1. The number of nitro benzene ring substituents is 1. The first-order valence-corrected chi connectivity index (χ1v) is 8.75. The van der Waals surface area contributed by atoms with Crippen molar-refractivity contribution in [2.45, 2.75) is 6.54 Å². The minimum Gasteiger partial charge on any atom is -0.465 e. The summed E-state index contributed by atoms with van der Waals surface area (Å²) in [4.78, 5) is 46.5. The number of nitrogens with zero attached hydrogens (tertiary/aromatic N) is 2. The van der Waals surface area contributed by atoms with E-state index in [4.69, 9.17) is 9.47 Å². The highest BCUT2D eigenvalue weighted by Crippen LogP contribution is 2.23. The molecule has 0 bridgehead atoms. The van der Waals surface area contributed by atoms with E-state index >= 15 is 0 Å². The molecule has 0 aliphatic heterocycles. The molecular weight excluding hydrogens is 394 g/mol. The summed E-state index contributed by atoms with van der Waals surface area (Å²) in [6.07, 6.45) is 1.48. The molecule has 0 aliphatic rings. The van der Waals surface area contributed by atoms with E-state index in [1.807, 2.05) is 0 Å². The molecule has 1 amide bonds. The first-order valence-electron chi connectivity index (χ1n) is 8.75. The van der Waals surface area contributed by atoms with E-state index in [0.717, 1.165) is 0 Å². The Hall–Kier alpha value is -4.21. The maximum absolute atomic E-state index is 12.2.